The molecule has 3 aliphatic rings. The molecule has 2 fully saturated rings. The molecule has 4 aromatic rings. The quantitative estimate of drug-likeness (QED) is 0.182. The number of carbonyl (C=O) groups excluding carboxylic acids is 2. The Balaban J connectivity index is 0.000000195. The van der Waals surface area contributed by atoms with Crippen molar-refractivity contribution in [3.63, 3.8) is 0 Å². The van der Waals surface area contributed by atoms with Crippen molar-refractivity contribution in [3.8, 4) is 0 Å². The second-order valence-corrected chi connectivity index (χ2v) is 13.6. The summed E-state index contributed by atoms with van der Waals surface area (Å²) >= 11 is 0. The van der Waals surface area contributed by atoms with Crippen LogP contribution in [0.25, 0.3) is 0 Å². The van der Waals surface area contributed by atoms with E-state index in [0.29, 0.717) is 19.6 Å². The summed E-state index contributed by atoms with van der Waals surface area (Å²) in [5, 5.41) is 0. The van der Waals surface area contributed by atoms with Crippen molar-refractivity contribution < 1.29 is 18.7 Å². The number of amides is 2. The molecule has 1 atom stereocenters. The van der Waals surface area contributed by atoms with Crippen molar-refractivity contribution in [1.29, 1.82) is 0 Å². The summed E-state index contributed by atoms with van der Waals surface area (Å²) in [4.78, 5) is 38.5. The van der Waals surface area contributed by atoms with Crippen LogP contribution in [0.5, 0.6) is 0 Å². The molecule has 1 aliphatic heterocycles. The van der Waals surface area contributed by atoms with Crippen LogP contribution in [-0.4, -0.2) is 80.6 Å². The normalized spacial score (nSPS) is 17.8. The van der Waals surface area contributed by atoms with E-state index in [2.05, 4.69) is 43.7 Å². The lowest BCUT2D eigenvalue weighted by Gasteiger charge is -2.39. The van der Waals surface area contributed by atoms with Gasteiger partial charge in [-0.25, -0.2) is 14.2 Å². The lowest BCUT2D eigenvalue weighted by molar-refractivity contribution is -0.118. The SMILES string of the molecule is Cc1cn(CCCN(C=O)Cc2ccccc2)cn1.O=C(OC1CCCCC1)N1CCN([C@H]2c3ccccc3CCc3cc(F)cnc32)CC1. The fourth-order valence-corrected chi connectivity index (χ4v) is 7.35. The van der Waals surface area contributed by atoms with Crippen LogP contribution in [0, 0.1) is 12.7 Å². The van der Waals surface area contributed by atoms with Gasteiger partial charge in [0.1, 0.15) is 11.9 Å². The Bertz CT molecular complexity index is 1680. The first kappa shape index (κ1) is 35.3. The van der Waals surface area contributed by atoms with Gasteiger partial charge >= 0.3 is 6.09 Å². The molecule has 2 amide bonds. The number of ether oxygens (including phenoxy) is 1. The maximum absolute atomic E-state index is 13.9. The monoisotopic (exact) mass is 680 g/mol. The second kappa shape index (κ2) is 17.4. The number of rotatable bonds is 9. The Morgan fingerprint density at radius 1 is 0.960 bits per heavy atom. The second-order valence-electron chi connectivity index (χ2n) is 13.6. The van der Waals surface area contributed by atoms with Crippen LogP contribution < -0.4 is 0 Å². The van der Waals surface area contributed by atoms with Crippen LogP contribution in [0.4, 0.5) is 9.18 Å². The van der Waals surface area contributed by atoms with Crippen LogP contribution in [0.3, 0.4) is 0 Å². The molecule has 2 aromatic heterocycles. The Kier molecular flexibility index (Phi) is 12.3. The van der Waals surface area contributed by atoms with E-state index in [1.165, 1.54) is 23.7 Å². The van der Waals surface area contributed by atoms with Gasteiger partial charge in [0.05, 0.1) is 30.0 Å². The number of pyridine rings is 1. The van der Waals surface area contributed by atoms with Gasteiger partial charge in [0.25, 0.3) is 0 Å². The van der Waals surface area contributed by atoms with Gasteiger partial charge in [-0.05, 0) is 80.2 Å². The number of benzene rings is 2. The molecular weight excluding hydrogens is 631 g/mol. The standard InChI is InChI=1S/C25H30FN3O2.C15H19N3O/c26-20-16-19-11-10-18-6-4-5-9-22(18)24(23(19)27-17-20)28-12-14-29(15-13-28)25(30)31-21-7-2-1-3-8-21;1-14-10-17(12-16-14)8-5-9-18(13-19)11-15-6-3-2-4-7-15/h4-6,9,16-17,21,24H,1-3,7-8,10-15H2;2-4,6-7,10,12-13H,5,8-9,11H2,1H3/t24-;/m0./s1. The molecule has 0 radical (unpaired) electrons. The summed E-state index contributed by atoms with van der Waals surface area (Å²) in [6, 6.07) is 20.1. The van der Waals surface area contributed by atoms with E-state index in [9.17, 15) is 14.0 Å². The molecule has 2 aliphatic carbocycles. The first-order chi connectivity index (χ1) is 24.5. The maximum atomic E-state index is 13.9. The average molecular weight is 681 g/mol. The highest BCUT2D eigenvalue weighted by atomic mass is 19.1. The van der Waals surface area contributed by atoms with Crippen molar-refractivity contribution >= 4 is 12.5 Å². The van der Waals surface area contributed by atoms with Crippen molar-refractivity contribution in [2.24, 2.45) is 0 Å². The van der Waals surface area contributed by atoms with Gasteiger partial charge in [-0.2, -0.15) is 0 Å². The van der Waals surface area contributed by atoms with E-state index in [4.69, 9.17) is 4.74 Å². The van der Waals surface area contributed by atoms with Crippen molar-refractivity contribution in [2.45, 2.75) is 83.5 Å². The smallest absolute Gasteiger partial charge is 0.410 e. The van der Waals surface area contributed by atoms with E-state index in [-0.39, 0.29) is 24.1 Å². The van der Waals surface area contributed by atoms with Gasteiger partial charge in [0.15, 0.2) is 0 Å². The molecule has 10 heteroatoms. The molecule has 0 unspecified atom stereocenters. The van der Waals surface area contributed by atoms with Crippen molar-refractivity contribution in [3.05, 3.63) is 119 Å². The molecule has 0 spiro atoms. The molecular formula is C40H49FN6O3. The summed E-state index contributed by atoms with van der Waals surface area (Å²) in [5.41, 5.74) is 6.66. The van der Waals surface area contributed by atoms with Gasteiger partial charge in [-0.3, -0.25) is 14.7 Å². The zero-order chi connectivity index (χ0) is 34.7. The lowest BCUT2D eigenvalue weighted by Crippen LogP contribution is -2.50. The minimum absolute atomic E-state index is 0.00850. The first-order valence-corrected chi connectivity index (χ1v) is 18.1. The number of fused-ring (bicyclic) bond motifs is 2. The molecule has 264 valence electrons. The van der Waals surface area contributed by atoms with E-state index in [1.54, 1.807) is 11.0 Å². The topological polar surface area (TPSA) is 83.8 Å². The number of halogens is 1. The molecule has 0 bridgehead atoms. The fraction of sp³-hybridized carbons (Fsp3) is 0.450. The van der Waals surface area contributed by atoms with Crippen molar-refractivity contribution in [1.82, 2.24) is 29.2 Å². The number of hydrogen-bond acceptors (Lipinski definition) is 6. The Labute approximate surface area is 295 Å². The minimum atomic E-state index is -0.279. The van der Waals surface area contributed by atoms with Gasteiger partial charge in [0.2, 0.25) is 6.41 Å². The van der Waals surface area contributed by atoms with Gasteiger partial charge < -0.3 is 19.1 Å². The number of carbonyl (C=O) groups is 2. The number of aromatic nitrogens is 3. The highest BCUT2D eigenvalue weighted by Crippen LogP contribution is 2.36. The molecule has 0 N–H and O–H groups in total. The van der Waals surface area contributed by atoms with E-state index >= 15 is 0 Å². The predicted octanol–water partition coefficient (Wildman–Crippen LogP) is 6.74. The van der Waals surface area contributed by atoms with Gasteiger partial charge in [0, 0.05) is 52.0 Å². The molecule has 3 heterocycles. The Hall–Kier alpha value is -4.57. The van der Waals surface area contributed by atoms with Crippen LogP contribution in [0.1, 0.15) is 78.2 Å². The largest absolute Gasteiger partial charge is 0.446 e. The number of nitrogens with zero attached hydrogens (tertiary/aromatic N) is 6. The number of hydrogen-bond donors (Lipinski definition) is 0. The number of piperazine rings is 1. The zero-order valence-corrected chi connectivity index (χ0v) is 29.1. The lowest BCUT2D eigenvalue weighted by atomic mass is 9.96. The maximum Gasteiger partial charge on any atom is 0.410 e. The molecule has 1 saturated heterocycles. The molecule has 50 heavy (non-hydrogen) atoms. The van der Waals surface area contributed by atoms with Crippen molar-refractivity contribution in [2.75, 3.05) is 32.7 Å². The van der Waals surface area contributed by atoms with Gasteiger partial charge in [-0.1, -0.05) is 61.0 Å². The third-order valence-electron chi connectivity index (χ3n) is 10.00. The summed E-state index contributed by atoms with van der Waals surface area (Å²) < 4.78 is 21.8. The minimum Gasteiger partial charge on any atom is -0.446 e. The Morgan fingerprint density at radius 2 is 1.70 bits per heavy atom. The van der Waals surface area contributed by atoms with Crippen LogP contribution in [0.15, 0.2) is 79.4 Å². The molecule has 7 rings (SSSR count). The summed E-state index contributed by atoms with van der Waals surface area (Å²) in [6.45, 7) is 7.07. The Morgan fingerprint density at radius 3 is 2.44 bits per heavy atom. The molecule has 9 nitrogen and oxygen atoms in total. The van der Waals surface area contributed by atoms with Crippen LogP contribution in [0.2, 0.25) is 0 Å². The highest BCUT2D eigenvalue weighted by Gasteiger charge is 2.34. The molecule has 2 aromatic carbocycles. The van der Waals surface area contributed by atoms with Crippen LogP contribution in [-0.2, 0) is 35.5 Å². The first-order valence-electron chi connectivity index (χ1n) is 18.1. The van der Waals surface area contributed by atoms with E-state index in [0.717, 1.165) is 100 Å². The summed E-state index contributed by atoms with van der Waals surface area (Å²) in [7, 11) is 0. The van der Waals surface area contributed by atoms with E-state index in [1.807, 2.05) is 54.7 Å². The zero-order valence-electron chi connectivity index (χ0n) is 29.1. The predicted molar refractivity (Wildman–Crippen MR) is 191 cm³/mol. The average Bonchev–Trinajstić information content (AvgIpc) is 3.49. The summed E-state index contributed by atoms with van der Waals surface area (Å²) in [5.74, 6) is -0.279. The van der Waals surface area contributed by atoms with E-state index < -0.39 is 0 Å². The summed E-state index contributed by atoms with van der Waals surface area (Å²) in [6.07, 6.45) is 14.2. The number of aryl methyl sites for hydroxylation is 4. The molecule has 1 saturated carbocycles. The number of imidazole rings is 1. The fourth-order valence-electron chi connectivity index (χ4n) is 7.35. The highest BCUT2D eigenvalue weighted by molar-refractivity contribution is 5.68. The third kappa shape index (κ3) is 9.35. The van der Waals surface area contributed by atoms with Crippen LogP contribution >= 0.6 is 0 Å². The van der Waals surface area contributed by atoms with Gasteiger partial charge in [-0.15, -0.1) is 0 Å². The third-order valence-corrected chi connectivity index (χ3v) is 10.00.